The molecule has 1 unspecified atom stereocenters. The quantitative estimate of drug-likeness (QED) is 0.116. The van der Waals surface area contributed by atoms with Crippen molar-refractivity contribution in [1.82, 2.24) is 10.2 Å². The summed E-state index contributed by atoms with van der Waals surface area (Å²) in [6.45, 7) is 4.48. The molecule has 14 nitrogen and oxygen atoms in total. The smallest absolute Gasteiger partial charge is 0.264 e. The Kier molecular flexibility index (Phi) is 17.3. The molecule has 2 aliphatic heterocycles. The lowest BCUT2D eigenvalue weighted by molar-refractivity contribution is -0.136. The number of hydrogen-bond acceptors (Lipinski definition) is 11. The van der Waals surface area contributed by atoms with Crippen molar-refractivity contribution in [3.05, 3.63) is 29.3 Å². The summed E-state index contributed by atoms with van der Waals surface area (Å²) in [5.41, 5.74) is 0.378. The third kappa shape index (κ3) is 12.5. The van der Waals surface area contributed by atoms with Gasteiger partial charge in [-0.25, -0.2) is 4.39 Å². The number of ether oxygens (including phenoxy) is 6. The van der Waals surface area contributed by atoms with Gasteiger partial charge in [0.2, 0.25) is 17.7 Å². The number of amides is 5. The van der Waals surface area contributed by atoms with Crippen molar-refractivity contribution < 1.29 is 56.8 Å². The number of anilines is 1. The molecule has 0 radical (unpaired) electrons. The predicted molar refractivity (Wildman–Crippen MR) is 161 cm³/mol. The third-order valence-corrected chi connectivity index (χ3v) is 7.02. The molecule has 1 atom stereocenters. The predicted octanol–water partition coefficient (Wildman–Crippen LogP) is 1.66. The Morgan fingerprint density at radius 2 is 1.33 bits per heavy atom. The van der Waals surface area contributed by atoms with E-state index in [0.29, 0.717) is 79.1 Å². The normalized spacial score (nSPS) is 16.2. The van der Waals surface area contributed by atoms with E-state index in [4.69, 9.17) is 28.4 Å². The number of nitrogens with one attached hydrogen (secondary N) is 2. The molecular formula is C31H44FN3O11. The highest BCUT2D eigenvalue weighted by Crippen LogP contribution is 2.32. The lowest BCUT2D eigenvalue weighted by atomic mass is 10.0. The van der Waals surface area contributed by atoms with Crippen molar-refractivity contribution in [3.8, 4) is 0 Å². The van der Waals surface area contributed by atoms with E-state index < -0.39 is 36.3 Å². The largest absolute Gasteiger partial charge is 0.379 e. The van der Waals surface area contributed by atoms with Crippen LogP contribution < -0.4 is 10.6 Å². The van der Waals surface area contributed by atoms with Crippen molar-refractivity contribution in [2.75, 3.05) is 91.3 Å². The fourth-order valence-corrected chi connectivity index (χ4v) is 4.75. The summed E-state index contributed by atoms with van der Waals surface area (Å²) in [5.74, 6) is -2.72. The minimum absolute atomic E-state index is 0.0289. The van der Waals surface area contributed by atoms with Crippen LogP contribution in [0.15, 0.2) is 18.2 Å². The molecule has 2 aliphatic rings. The van der Waals surface area contributed by atoms with Gasteiger partial charge in [0.25, 0.3) is 11.8 Å². The van der Waals surface area contributed by atoms with E-state index in [1.165, 1.54) is 6.07 Å². The molecule has 5 amide bonds. The van der Waals surface area contributed by atoms with Gasteiger partial charge in [0.15, 0.2) is 0 Å². The van der Waals surface area contributed by atoms with Crippen molar-refractivity contribution in [1.29, 1.82) is 0 Å². The summed E-state index contributed by atoms with van der Waals surface area (Å²) in [4.78, 5) is 63.3. The molecule has 1 aromatic rings. The van der Waals surface area contributed by atoms with E-state index in [2.05, 4.69) is 10.6 Å². The molecule has 46 heavy (non-hydrogen) atoms. The van der Waals surface area contributed by atoms with Gasteiger partial charge in [-0.2, -0.15) is 0 Å². The minimum Gasteiger partial charge on any atom is -0.379 e. The first kappa shape index (κ1) is 37.1. The Bertz CT molecular complexity index is 1150. The monoisotopic (exact) mass is 653 g/mol. The van der Waals surface area contributed by atoms with E-state index in [1.54, 1.807) is 12.1 Å². The number of fused-ring (bicyclic) bond motifs is 1. The zero-order valence-corrected chi connectivity index (χ0v) is 26.1. The molecule has 0 spiro atoms. The highest BCUT2D eigenvalue weighted by molar-refractivity contribution is 6.26. The lowest BCUT2D eigenvalue weighted by Crippen LogP contribution is -2.54. The van der Waals surface area contributed by atoms with Crippen LogP contribution in [0.2, 0.25) is 0 Å². The molecule has 0 aliphatic carbocycles. The highest BCUT2D eigenvalue weighted by atomic mass is 19.1. The molecule has 0 aromatic heterocycles. The molecule has 256 valence electrons. The lowest BCUT2D eigenvalue weighted by Gasteiger charge is -2.27. The van der Waals surface area contributed by atoms with Gasteiger partial charge >= 0.3 is 0 Å². The summed E-state index contributed by atoms with van der Waals surface area (Å²) in [7, 11) is 0. The number of nitrogens with zero attached hydrogens (tertiary/aromatic N) is 1. The molecule has 3 rings (SSSR count). The second kappa shape index (κ2) is 21.5. The molecule has 15 heteroatoms. The van der Waals surface area contributed by atoms with E-state index in [0.717, 1.165) is 17.7 Å². The minimum atomic E-state index is -1.07. The number of rotatable bonds is 25. The van der Waals surface area contributed by atoms with Crippen LogP contribution in [0, 0.1) is 0 Å². The third-order valence-electron chi connectivity index (χ3n) is 7.02. The van der Waals surface area contributed by atoms with Crippen LogP contribution in [0.3, 0.4) is 0 Å². The number of carbonyl (C=O) groups is 5. The second-order valence-corrected chi connectivity index (χ2v) is 10.4. The molecule has 1 saturated heterocycles. The molecule has 0 saturated carbocycles. The van der Waals surface area contributed by atoms with Gasteiger partial charge in [-0.1, -0.05) is 12.5 Å². The van der Waals surface area contributed by atoms with Crippen molar-refractivity contribution in [3.63, 3.8) is 0 Å². The van der Waals surface area contributed by atoms with Crippen LogP contribution in [-0.4, -0.2) is 126 Å². The molecule has 1 aromatic carbocycles. The van der Waals surface area contributed by atoms with E-state index in [9.17, 15) is 28.4 Å². The summed E-state index contributed by atoms with van der Waals surface area (Å²) < 4.78 is 43.9. The zero-order chi connectivity index (χ0) is 33.0. The summed E-state index contributed by atoms with van der Waals surface area (Å²) in [5, 5.41) is 4.89. The Hall–Kier alpha value is -3.34. The van der Waals surface area contributed by atoms with Gasteiger partial charge in [0.1, 0.15) is 12.7 Å². The van der Waals surface area contributed by atoms with Crippen LogP contribution in [-0.2, 0) is 42.8 Å². The maximum Gasteiger partial charge on any atom is 0.264 e. The second-order valence-electron chi connectivity index (χ2n) is 10.4. The highest BCUT2D eigenvalue weighted by Gasteiger charge is 2.45. The average Bonchev–Trinajstić information content (AvgIpc) is 3.29. The first-order valence-electron chi connectivity index (χ1n) is 15.6. The zero-order valence-electron chi connectivity index (χ0n) is 26.1. The van der Waals surface area contributed by atoms with Crippen molar-refractivity contribution in [2.24, 2.45) is 0 Å². The molecule has 2 heterocycles. The first-order valence-corrected chi connectivity index (χ1v) is 15.6. The maximum absolute atomic E-state index is 13.1. The summed E-state index contributed by atoms with van der Waals surface area (Å²) >= 11 is 0. The van der Waals surface area contributed by atoms with E-state index >= 15 is 0 Å². The number of alkyl halides is 1. The fraction of sp³-hybridized carbons (Fsp3) is 0.645. The number of hydrogen-bond donors (Lipinski definition) is 2. The van der Waals surface area contributed by atoms with Crippen LogP contribution in [0.25, 0.3) is 0 Å². The molecule has 1 fully saturated rings. The van der Waals surface area contributed by atoms with Crippen molar-refractivity contribution >= 4 is 35.2 Å². The standard InChI is InChI=1S/C31H44FN3O11/c32-10-12-42-14-16-44-18-20-46-22-21-45-19-17-43-15-13-41-11-3-1-2-7-26(36)33-24-6-4-5-23-28(24)31(40)35(30(23)39)25-8-9-27(37)34-29(25)38/h4-6,25H,1-3,7-22H2,(H,33,36)(H,34,37,38). The molecular weight excluding hydrogens is 609 g/mol. The SMILES string of the molecule is O=C1CCC(N2C(=O)c3cccc(NC(=O)CCCCCOCCOCCOCCOCCOCCOCCF)c3C2=O)C(=O)N1. The Labute approximate surface area is 267 Å². The number of imide groups is 2. The number of piperidine rings is 1. The average molecular weight is 654 g/mol. The van der Waals surface area contributed by atoms with Gasteiger partial charge in [-0.15, -0.1) is 0 Å². The van der Waals surface area contributed by atoms with Gasteiger partial charge in [0, 0.05) is 19.4 Å². The van der Waals surface area contributed by atoms with Gasteiger partial charge in [-0.3, -0.25) is 34.2 Å². The molecule has 0 bridgehead atoms. The van der Waals surface area contributed by atoms with Gasteiger partial charge in [0.05, 0.1) is 89.5 Å². The fourth-order valence-electron chi connectivity index (χ4n) is 4.75. The van der Waals surface area contributed by atoms with Crippen molar-refractivity contribution in [2.45, 2.75) is 44.6 Å². The van der Waals surface area contributed by atoms with E-state index in [1.807, 2.05) is 0 Å². The Morgan fingerprint density at radius 3 is 1.89 bits per heavy atom. The van der Waals surface area contributed by atoms with E-state index in [-0.39, 0.29) is 48.6 Å². The maximum atomic E-state index is 13.1. The van der Waals surface area contributed by atoms with Gasteiger partial charge < -0.3 is 33.7 Å². The van der Waals surface area contributed by atoms with Crippen LogP contribution in [0.4, 0.5) is 10.1 Å². The topological polar surface area (TPSA) is 168 Å². The summed E-state index contributed by atoms with van der Waals surface area (Å²) in [6.07, 6.45) is 2.45. The van der Waals surface area contributed by atoms with Crippen LogP contribution in [0.5, 0.6) is 0 Å². The number of unbranched alkanes of at least 4 members (excludes halogenated alkanes) is 2. The Balaban J connectivity index is 1.16. The number of benzene rings is 1. The van der Waals surface area contributed by atoms with Crippen LogP contribution in [0.1, 0.15) is 59.2 Å². The van der Waals surface area contributed by atoms with Gasteiger partial charge in [-0.05, 0) is 31.4 Å². The van der Waals surface area contributed by atoms with Crippen LogP contribution >= 0.6 is 0 Å². The molecule has 2 N–H and O–H groups in total. The number of halogens is 1. The summed E-state index contributed by atoms with van der Waals surface area (Å²) in [6, 6.07) is 3.52. The Morgan fingerprint density at radius 1 is 0.761 bits per heavy atom. The first-order chi connectivity index (χ1) is 22.4. The number of carbonyl (C=O) groups excluding carboxylic acids is 5.